The van der Waals surface area contributed by atoms with Gasteiger partial charge in [-0.15, -0.1) is 0 Å². The Morgan fingerprint density at radius 3 is 2.33 bits per heavy atom. The smallest absolute Gasteiger partial charge is 0.319 e. The van der Waals surface area contributed by atoms with Gasteiger partial charge < -0.3 is 15.3 Å². The van der Waals surface area contributed by atoms with Gasteiger partial charge in [-0.25, -0.2) is 0 Å². The standard InChI is InChI=1S/C17H19ClN2O4/c18-13-10-11(19-15(22)17(6-7-17)16(23)24)4-5-12(13)14(21)20-8-2-1-3-9-20/h4-5,10H,1-3,6-9H2,(H,19,22)(H,23,24). The van der Waals surface area contributed by atoms with Crippen LogP contribution in [-0.4, -0.2) is 40.9 Å². The summed E-state index contributed by atoms with van der Waals surface area (Å²) in [5.74, 6) is -1.76. The second-order valence-electron chi connectivity index (χ2n) is 6.39. The van der Waals surface area contributed by atoms with E-state index >= 15 is 0 Å². The molecule has 1 saturated heterocycles. The summed E-state index contributed by atoms with van der Waals surface area (Å²) >= 11 is 6.20. The number of halogens is 1. The molecule has 0 radical (unpaired) electrons. The average molecular weight is 351 g/mol. The average Bonchev–Trinajstić information content (AvgIpc) is 3.37. The highest BCUT2D eigenvalue weighted by Crippen LogP contribution is 2.46. The van der Waals surface area contributed by atoms with Gasteiger partial charge in [0.25, 0.3) is 5.91 Å². The predicted octanol–water partition coefficient (Wildman–Crippen LogP) is 2.77. The zero-order valence-electron chi connectivity index (χ0n) is 13.2. The van der Waals surface area contributed by atoms with Crippen LogP contribution in [0, 0.1) is 5.41 Å². The van der Waals surface area contributed by atoms with E-state index in [0.29, 0.717) is 24.1 Å². The van der Waals surface area contributed by atoms with Crippen LogP contribution in [0.4, 0.5) is 5.69 Å². The monoisotopic (exact) mass is 350 g/mol. The molecule has 3 rings (SSSR count). The maximum atomic E-state index is 12.5. The summed E-state index contributed by atoms with van der Waals surface area (Å²) < 4.78 is 0. The number of rotatable bonds is 4. The summed E-state index contributed by atoms with van der Waals surface area (Å²) in [6, 6.07) is 4.66. The lowest BCUT2D eigenvalue weighted by Gasteiger charge is -2.27. The number of benzene rings is 1. The van der Waals surface area contributed by atoms with Crippen LogP contribution in [0.25, 0.3) is 0 Å². The van der Waals surface area contributed by atoms with Gasteiger partial charge in [-0.05, 0) is 50.3 Å². The van der Waals surface area contributed by atoms with E-state index in [1.807, 2.05) is 0 Å². The minimum absolute atomic E-state index is 0.109. The second-order valence-corrected chi connectivity index (χ2v) is 6.80. The molecule has 24 heavy (non-hydrogen) atoms. The number of piperidine rings is 1. The molecular formula is C17H19ClN2O4. The first-order chi connectivity index (χ1) is 11.4. The van der Waals surface area contributed by atoms with E-state index in [1.54, 1.807) is 17.0 Å². The lowest BCUT2D eigenvalue weighted by molar-refractivity contribution is -0.147. The van der Waals surface area contributed by atoms with Crippen molar-refractivity contribution in [3.63, 3.8) is 0 Å². The molecule has 7 heteroatoms. The van der Waals surface area contributed by atoms with Crippen molar-refractivity contribution in [2.75, 3.05) is 18.4 Å². The molecule has 1 aromatic rings. The first-order valence-electron chi connectivity index (χ1n) is 8.08. The van der Waals surface area contributed by atoms with Gasteiger partial charge in [-0.1, -0.05) is 11.6 Å². The van der Waals surface area contributed by atoms with Crippen molar-refractivity contribution in [1.29, 1.82) is 0 Å². The van der Waals surface area contributed by atoms with Crippen molar-refractivity contribution >= 4 is 35.1 Å². The fourth-order valence-corrected chi connectivity index (χ4v) is 3.21. The fraction of sp³-hybridized carbons (Fsp3) is 0.471. The molecule has 128 valence electrons. The first-order valence-corrected chi connectivity index (χ1v) is 8.45. The molecule has 1 heterocycles. The number of nitrogens with zero attached hydrogens (tertiary/aromatic N) is 1. The summed E-state index contributed by atoms with van der Waals surface area (Å²) in [6.07, 6.45) is 3.80. The highest BCUT2D eigenvalue weighted by Gasteiger charge is 2.57. The largest absolute Gasteiger partial charge is 0.480 e. The number of carbonyl (C=O) groups is 3. The van der Waals surface area contributed by atoms with Crippen molar-refractivity contribution in [3.8, 4) is 0 Å². The zero-order chi connectivity index (χ0) is 17.3. The number of hydrogen-bond donors (Lipinski definition) is 2. The minimum Gasteiger partial charge on any atom is -0.480 e. The topological polar surface area (TPSA) is 86.7 Å². The molecule has 0 atom stereocenters. The van der Waals surface area contributed by atoms with Crippen LogP contribution in [0.2, 0.25) is 5.02 Å². The summed E-state index contributed by atoms with van der Waals surface area (Å²) in [6.45, 7) is 1.46. The van der Waals surface area contributed by atoms with Crippen LogP contribution in [0.1, 0.15) is 42.5 Å². The zero-order valence-corrected chi connectivity index (χ0v) is 13.9. The molecule has 1 aliphatic heterocycles. The molecule has 0 bridgehead atoms. The van der Waals surface area contributed by atoms with E-state index in [2.05, 4.69) is 5.32 Å². The number of anilines is 1. The number of carboxylic acid groups (broad SMARTS) is 1. The van der Waals surface area contributed by atoms with E-state index in [-0.39, 0.29) is 10.9 Å². The van der Waals surface area contributed by atoms with Gasteiger partial charge in [0.1, 0.15) is 5.41 Å². The molecule has 1 aromatic carbocycles. The van der Waals surface area contributed by atoms with E-state index < -0.39 is 17.3 Å². The number of amides is 2. The third-order valence-electron chi connectivity index (χ3n) is 4.69. The highest BCUT2D eigenvalue weighted by molar-refractivity contribution is 6.34. The van der Waals surface area contributed by atoms with Crippen molar-refractivity contribution in [2.45, 2.75) is 32.1 Å². The Morgan fingerprint density at radius 1 is 1.12 bits per heavy atom. The first kappa shape index (κ1) is 16.8. The Hall–Kier alpha value is -2.08. The molecule has 2 fully saturated rings. The Morgan fingerprint density at radius 2 is 1.79 bits per heavy atom. The molecule has 1 saturated carbocycles. The quantitative estimate of drug-likeness (QED) is 0.817. The minimum atomic E-state index is -1.31. The summed E-state index contributed by atoms with van der Waals surface area (Å²) in [4.78, 5) is 37.5. The third kappa shape index (κ3) is 3.11. The van der Waals surface area contributed by atoms with Gasteiger partial charge in [-0.2, -0.15) is 0 Å². The number of likely N-dealkylation sites (tertiary alicyclic amines) is 1. The molecular weight excluding hydrogens is 332 g/mol. The maximum absolute atomic E-state index is 12.5. The van der Waals surface area contributed by atoms with Crippen LogP contribution in [0.3, 0.4) is 0 Å². The molecule has 2 amide bonds. The Labute approximate surface area is 144 Å². The molecule has 6 nitrogen and oxygen atoms in total. The van der Waals surface area contributed by atoms with Crippen LogP contribution in [0.5, 0.6) is 0 Å². The summed E-state index contributed by atoms with van der Waals surface area (Å²) in [5.41, 5.74) is -0.516. The Bertz CT molecular complexity index is 694. The lowest BCUT2D eigenvalue weighted by Crippen LogP contribution is -2.35. The van der Waals surface area contributed by atoms with Crippen LogP contribution in [-0.2, 0) is 9.59 Å². The van der Waals surface area contributed by atoms with Crippen molar-refractivity contribution in [3.05, 3.63) is 28.8 Å². The number of aliphatic carboxylic acids is 1. The Balaban J connectivity index is 1.72. The molecule has 1 aliphatic carbocycles. The van der Waals surface area contributed by atoms with Crippen LogP contribution in [0.15, 0.2) is 18.2 Å². The number of nitrogens with one attached hydrogen (secondary N) is 1. The van der Waals surface area contributed by atoms with Gasteiger partial charge >= 0.3 is 5.97 Å². The third-order valence-corrected chi connectivity index (χ3v) is 5.01. The van der Waals surface area contributed by atoms with Crippen molar-refractivity contribution < 1.29 is 19.5 Å². The van der Waals surface area contributed by atoms with Gasteiger partial charge in [0.15, 0.2) is 0 Å². The molecule has 2 N–H and O–H groups in total. The van der Waals surface area contributed by atoms with Crippen LogP contribution >= 0.6 is 11.6 Å². The summed E-state index contributed by atoms with van der Waals surface area (Å²) in [5, 5.41) is 12.0. The summed E-state index contributed by atoms with van der Waals surface area (Å²) in [7, 11) is 0. The fourth-order valence-electron chi connectivity index (χ4n) is 2.95. The maximum Gasteiger partial charge on any atom is 0.319 e. The second kappa shape index (κ2) is 6.43. The number of carboxylic acids is 1. The SMILES string of the molecule is O=C(c1ccc(NC(=O)C2(C(=O)O)CC2)cc1Cl)N1CCCCC1. The van der Waals surface area contributed by atoms with Crippen LogP contribution < -0.4 is 5.32 Å². The van der Waals surface area contributed by atoms with Gasteiger partial charge in [0.05, 0.1) is 10.6 Å². The highest BCUT2D eigenvalue weighted by atomic mass is 35.5. The van der Waals surface area contributed by atoms with Crippen molar-refractivity contribution in [2.24, 2.45) is 5.41 Å². The van der Waals surface area contributed by atoms with E-state index in [4.69, 9.17) is 16.7 Å². The lowest BCUT2D eigenvalue weighted by atomic mass is 10.1. The normalized spacial score (nSPS) is 18.8. The van der Waals surface area contributed by atoms with Gasteiger partial charge in [-0.3, -0.25) is 14.4 Å². The van der Waals surface area contributed by atoms with Crippen molar-refractivity contribution in [1.82, 2.24) is 4.90 Å². The van der Waals surface area contributed by atoms with E-state index in [1.165, 1.54) is 6.07 Å². The molecule has 2 aliphatic rings. The molecule has 0 spiro atoms. The number of carbonyl (C=O) groups excluding carboxylic acids is 2. The van der Waals surface area contributed by atoms with E-state index in [0.717, 1.165) is 32.4 Å². The molecule has 0 aromatic heterocycles. The van der Waals surface area contributed by atoms with E-state index in [9.17, 15) is 14.4 Å². The number of hydrogen-bond acceptors (Lipinski definition) is 3. The van der Waals surface area contributed by atoms with Gasteiger partial charge in [0, 0.05) is 18.8 Å². The van der Waals surface area contributed by atoms with Gasteiger partial charge in [0.2, 0.25) is 5.91 Å². The Kier molecular flexibility index (Phi) is 4.49. The predicted molar refractivity (Wildman–Crippen MR) is 89.1 cm³/mol. The molecule has 0 unspecified atom stereocenters.